The van der Waals surface area contributed by atoms with Crippen molar-refractivity contribution in [1.82, 2.24) is 19.7 Å². The molecule has 0 saturated carbocycles. The van der Waals surface area contributed by atoms with Crippen molar-refractivity contribution >= 4 is 27.5 Å². The summed E-state index contributed by atoms with van der Waals surface area (Å²) in [5.41, 5.74) is -0.120. The fraction of sp³-hybridized carbons (Fsp3) is 0.286. The predicted molar refractivity (Wildman–Crippen MR) is 116 cm³/mol. The van der Waals surface area contributed by atoms with E-state index in [9.17, 15) is 17.6 Å². The molecule has 1 aromatic carbocycles. The van der Waals surface area contributed by atoms with Crippen LogP contribution >= 0.6 is 11.6 Å². The highest BCUT2D eigenvalue weighted by Gasteiger charge is 2.28. The van der Waals surface area contributed by atoms with E-state index >= 15 is 0 Å². The Morgan fingerprint density at radius 1 is 1.22 bits per heavy atom. The summed E-state index contributed by atoms with van der Waals surface area (Å²) in [7, 11) is -2.71. The van der Waals surface area contributed by atoms with E-state index < -0.39 is 27.3 Å². The third-order valence-corrected chi connectivity index (χ3v) is 6.18. The van der Waals surface area contributed by atoms with Crippen LogP contribution in [0.5, 0.6) is 0 Å². The van der Waals surface area contributed by atoms with Crippen LogP contribution < -0.4 is 0 Å². The number of benzene rings is 1. The number of rotatable bonds is 5. The summed E-state index contributed by atoms with van der Waals surface area (Å²) in [6.45, 7) is 5.18. The smallest absolute Gasteiger partial charge is 0.410 e. The van der Waals surface area contributed by atoms with Crippen LogP contribution in [0.1, 0.15) is 26.5 Å². The molecule has 0 aliphatic rings. The molecule has 2 heterocycles. The number of amides is 1. The Bertz CT molecular complexity index is 1250. The van der Waals surface area contributed by atoms with Gasteiger partial charge in [-0.25, -0.2) is 22.3 Å². The number of hydrogen-bond donors (Lipinski definition) is 0. The first-order chi connectivity index (χ1) is 14.9. The minimum Gasteiger partial charge on any atom is -0.444 e. The number of carbonyl (C=O) groups is 1. The Hall–Kier alpha value is -2.98. The molecule has 0 fully saturated rings. The zero-order valence-electron chi connectivity index (χ0n) is 17.9. The van der Waals surface area contributed by atoms with E-state index in [4.69, 9.17) is 16.3 Å². The van der Waals surface area contributed by atoms with Crippen molar-refractivity contribution in [3.8, 4) is 5.69 Å². The second-order valence-electron chi connectivity index (χ2n) is 8.02. The molecule has 3 rings (SSSR count). The van der Waals surface area contributed by atoms with Gasteiger partial charge < -0.3 is 9.64 Å². The van der Waals surface area contributed by atoms with Gasteiger partial charge in [-0.15, -0.1) is 0 Å². The molecule has 0 radical (unpaired) electrons. The van der Waals surface area contributed by atoms with E-state index in [2.05, 4.69) is 10.1 Å². The lowest BCUT2D eigenvalue weighted by molar-refractivity contribution is 0.0283. The van der Waals surface area contributed by atoms with Crippen LogP contribution in [-0.4, -0.2) is 46.8 Å². The zero-order chi connectivity index (χ0) is 23.7. The lowest BCUT2D eigenvalue weighted by atomic mass is 10.2. The minimum atomic E-state index is -4.22. The Morgan fingerprint density at radius 2 is 1.91 bits per heavy atom. The van der Waals surface area contributed by atoms with Crippen LogP contribution in [0.4, 0.5) is 9.18 Å². The summed E-state index contributed by atoms with van der Waals surface area (Å²) < 4.78 is 46.7. The third-order valence-electron chi connectivity index (χ3n) is 4.18. The molecule has 0 N–H and O–H groups in total. The van der Waals surface area contributed by atoms with Crippen LogP contribution in [0.2, 0.25) is 5.02 Å². The molecule has 0 unspecified atom stereocenters. The van der Waals surface area contributed by atoms with E-state index in [1.54, 1.807) is 45.0 Å². The summed E-state index contributed by atoms with van der Waals surface area (Å²) in [5, 5.41) is 4.38. The van der Waals surface area contributed by atoms with Gasteiger partial charge in [0.1, 0.15) is 11.4 Å². The Labute approximate surface area is 190 Å². The van der Waals surface area contributed by atoms with E-state index in [0.717, 1.165) is 23.1 Å². The monoisotopic (exact) mass is 480 g/mol. The van der Waals surface area contributed by atoms with Gasteiger partial charge in [0.05, 0.1) is 34.0 Å². The fourth-order valence-corrected chi connectivity index (χ4v) is 4.37. The number of aromatic nitrogens is 3. The molecule has 0 aliphatic heterocycles. The van der Waals surface area contributed by atoms with Crippen molar-refractivity contribution in [2.75, 3.05) is 7.05 Å². The van der Waals surface area contributed by atoms with Crippen molar-refractivity contribution in [2.45, 2.75) is 42.8 Å². The average Bonchev–Trinajstić information content (AvgIpc) is 3.11. The van der Waals surface area contributed by atoms with Crippen molar-refractivity contribution in [3.63, 3.8) is 0 Å². The molecule has 3 aromatic rings. The van der Waals surface area contributed by atoms with Gasteiger partial charge in [-0.3, -0.25) is 4.98 Å². The lowest BCUT2D eigenvalue weighted by Gasteiger charge is -2.24. The first-order valence-corrected chi connectivity index (χ1v) is 11.4. The molecule has 170 valence electrons. The maximum Gasteiger partial charge on any atom is 0.410 e. The predicted octanol–water partition coefficient (Wildman–Crippen LogP) is 4.26. The van der Waals surface area contributed by atoms with Gasteiger partial charge in [-0.2, -0.15) is 5.10 Å². The normalized spacial score (nSPS) is 11.9. The molecule has 0 bridgehead atoms. The first kappa shape index (κ1) is 23.7. The minimum absolute atomic E-state index is 0.0315. The van der Waals surface area contributed by atoms with E-state index in [1.807, 2.05) is 0 Å². The van der Waals surface area contributed by atoms with E-state index in [0.29, 0.717) is 5.69 Å². The Kier molecular flexibility index (Phi) is 6.56. The molecule has 0 saturated heterocycles. The molecular formula is C21H22ClFN4O4S. The van der Waals surface area contributed by atoms with E-state index in [-0.39, 0.29) is 27.2 Å². The summed E-state index contributed by atoms with van der Waals surface area (Å²) in [5.74, 6) is -0.792. The second kappa shape index (κ2) is 8.87. The van der Waals surface area contributed by atoms with Gasteiger partial charge in [-0.05, 0) is 39.0 Å². The van der Waals surface area contributed by atoms with E-state index in [1.165, 1.54) is 18.0 Å². The van der Waals surface area contributed by atoms with Gasteiger partial charge in [0.15, 0.2) is 5.03 Å². The van der Waals surface area contributed by atoms with Gasteiger partial charge in [-0.1, -0.05) is 23.7 Å². The lowest BCUT2D eigenvalue weighted by Crippen LogP contribution is -2.33. The number of hydrogen-bond acceptors (Lipinski definition) is 6. The summed E-state index contributed by atoms with van der Waals surface area (Å²) in [6, 6.07) is 8.74. The largest absolute Gasteiger partial charge is 0.444 e. The van der Waals surface area contributed by atoms with Crippen molar-refractivity contribution in [3.05, 3.63) is 65.3 Å². The highest BCUT2D eigenvalue weighted by molar-refractivity contribution is 7.91. The van der Waals surface area contributed by atoms with Crippen molar-refractivity contribution < 1.29 is 22.3 Å². The number of ether oxygens (including phenoxy) is 1. The molecule has 1 amide bonds. The van der Waals surface area contributed by atoms with Gasteiger partial charge in [0.2, 0.25) is 9.84 Å². The third kappa shape index (κ3) is 5.25. The highest BCUT2D eigenvalue weighted by Crippen LogP contribution is 2.28. The maximum atomic E-state index is 13.7. The summed E-state index contributed by atoms with van der Waals surface area (Å²) in [6.07, 6.45) is 1.36. The first-order valence-electron chi connectivity index (χ1n) is 9.52. The quantitative estimate of drug-likeness (QED) is 0.541. The molecule has 0 aliphatic carbocycles. The molecule has 8 nitrogen and oxygen atoms in total. The van der Waals surface area contributed by atoms with Gasteiger partial charge in [0.25, 0.3) is 0 Å². The molecule has 2 aromatic heterocycles. The molecular weight excluding hydrogens is 459 g/mol. The molecule has 0 atom stereocenters. The van der Waals surface area contributed by atoms with Crippen molar-refractivity contribution in [1.29, 1.82) is 0 Å². The van der Waals surface area contributed by atoms with Gasteiger partial charge >= 0.3 is 6.09 Å². The summed E-state index contributed by atoms with van der Waals surface area (Å²) >= 11 is 6.28. The molecule has 32 heavy (non-hydrogen) atoms. The zero-order valence-corrected chi connectivity index (χ0v) is 19.5. The summed E-state index contributed by atoms with van der Waals surface area (Å²) in [4.78, 5) is 16.9. The average molecular weight is 481 g/mol. The second-order valence-corrected chi connectivity index (χ2v) is 10.3. The topological polar surface area (TPSA) is 94.4 Å². The van der Waals surface area contributed by atoms with Crippen molar-refractivity contribution in [2.24, 2.45) is 0 Å². The van der Waals surface area contributed by atoms with Crippen LogP contribution in [-0.2, 0) is 21.1 Å². The SMILES string of the molecule is CN(Cc1cc(S(=O)(=O)c2cncc(F)c2)n(-c2ccccc2Cl)n1)C(=O)OC(C)(C)C. The number of halogens is 2. The maximum absolute atomic E-state index is 13.7. The number of carbonyl (C=O) groups excluding carboxylic acids is 1. The Morgan fingerprint density at radius 3 is 2.53 bits per heavy atom. The van der Waals surface area contributed by atoms with Crippen LogP contribution in [0, 0.1) is 5.82 Å². The number of nitrogens with zero attached hydrogens (tertiary/aromatic N) is 4. The van der Waals surface area contributed by atoms with Crippen LogP contribution in [0.15, 0.2) is 58.7 Å². The molecule has 0 spiro atoms. The highest BCUT2D eigenvalue weighted by atomic mass is 35.5. The van der Waals surface area contributed by atoms with Crippen LogP contribution in [0.3, 0.4) is 0 Å². The number of para-hydroxylation sites is 1. The van der Waals surface area contributed by atoms with Crippen LogP contribution in [0.25, 0.3) is 5.69 Å². The Balaban J connectivity index is 2.07. The molecule has 11 heteroatoms. The standard InChI is InChI=1S/C21H22ClFN4O4S/c1-21(2,3)31-20(28)26(4)13-15-10-19(27(25-15)18-8-6-5-7-17(18)22)32(29,30)16-9-14(23)11-24-12-16/h5-12H,13H2,1-4H3. The number of pyridine rings is 1. The fourth-order valence-electron chi connectivity index (χ4n) is 2.78. The van der Waals surface area contributed by atoms with Gasteiger partial charge in [0, 0.05) is 19.3 Å². The number of sulfone groups is 1.